The topological polar surface area (TPSA) is 97.6 Å². The van der Waals surface area contributed by atoms with Gasteiger partial charge in [0.2, 0.25) is 5.75 Å². The number of halogens is 3. The Morgan fingerprint density at radius 2 is 1.71 bits per heavy atom. The largest absolute Gasteiger partial charge is 0.483 e. The van der Waals surface area contributed by atoms with Crippen LogP contribution in [0.2, 0.25) is 5.02 Å². The van der Waals surface area contributed by atoms with Gasteiger partial charge in [0.1, 0.15) is 5.69 Å². The summed E-state index contributed by atoms with van der Waals surface area (Å²) in [5.41, 5.74) is -0.246. The maximum atomic E-state index is 15.0. The molecule has 5 rings (SSSR count). The van der Waals surface area contributed by atoms with Crippen molar-refractivity contribution in [3.05, 3.63) is 75.9 Å². The molecule has 0 spiro atoms. The highest BCUT2D eigenvalue weighted by Gasteiger charge is 2.51. The fourth-order valence-electron chi connectivity index (χ4n) is 4.76. The Morgan fingerprint density at radius 1 is 1.03 bits per heavy atom. The maximum absolute atomic E-state index is 15.0. The molecule has 1 saturated heterocycles. The number of piperazine rings is 1. The molecule has 3 aromatic rings. The van der Waals surface area contributed by atoms with Crippen molar-refractivity contribution in [3.8, 4) is 11.4 Å². The molecule has 2 fully saturated rings. The highest BCUT2D eigenvalue weighted by molar-refractivity contribution is 7.89. The van der Waals surface area contributed by atoms with Gasteiger partial charge in [-0.2, -0.15) is 22.9 Å². The van der Waals surface area contributed by atoms with Crippen LogP contribution in [0.3, 0.4) is 0 Å². The number of hydrogen-bond acceptors (Lipinski definition) is 7. The van der Waals surface area contributed by atoms with Gasteiger partial charge >= 0.3 is 10.8 Å². The van der Waals surface area contributed by atoms with Crippen LogP contribution in [-0.4, -0.2) is 59.8 Å². The summed E-state index contributed by atoms with van der Waals surface area (Å²) in [6, 6.07) is 8.68. The van der Waals surface area contributed by atoms with Gasteiger partial charge < -0.3 is 9.64 Å². The van der Waals surface area contributed by atoms with Crippen molar-refractivity contribution in [2.24, 2.45) is 0 Å². The number of rotatable bonds is 7. The van der Waals surface area contributed by atoms with Crippen molar-refractivity contribution >= 4 is 27.3 Å². The van der Waals surface area contributed by atoms with Crippen LogP contribution in [0.4, 0.5) is 14.5 Å². The van der Waals surface area contributed by atoms with E-state index in [4.69, 9.17) is 16.3 Å². The Morgan fingerprint density at radius 3 is 2.37 bits per heavy atom. The standard InChI is InChI=1S/C25H26ClF2N5O4S/c26-19-4-3-5-20(16-19)33-24(34)23(37-21-6-1-2-7-21)22(17-30-33)31-12-14-32(15-13-31)38(35,36)25(27,28)18-8-10-29-11-9-18/h3-5,8-11,16-17,21H,1-2,6-7,12-15H2. The zero-order valence-corrected chi connectivity index (χ0v) is 21.9. The molecule has 38 heavy (non-hydrogen) atoms. The van der Waals surface area contributed by atoms with Gasteiger partial charge in [0, 0.05) is 49.2 Å². The second kappa shape index (κ2) is 10.6. The fraction of sp³-hybridized carbons (Fsp3) is 0.400. The van der Waals surface area contributed by atoms with Gasteiger partial charge in [0.05, 0.1) is 18.0 Å². The smallest absolute Gasteiger partial charge is 0.384 e. The number of nitrogens with zero attached hydrogens (tertiary/aromatic N) is 5. The van der Waals surface area contributed by atoms with E-state index in [9.17, 15) is 22.0 Å². The van der Waals surface area contributed by atoms with Crippen molar-refractivity contribution in [3.63, 3.8) is 0 Å². The predicted molar refractivity (Wildman–Crippen MR) is 139 cm³/mol. The van der Waals surface area contributed by atoms with Gasteiger partial charge in [-0.25, -0.2) is 8.42 Å². The molecule has 2 aromatic heterocycles. The lowest BCUT2D eigenvalue weighted by atomic mass is 10.2. The number of ether oxygens (including phenoxy) is 1. The fourth-order valence-corrected chi connectivity index (χ4v) is 6.34. The number of anilines is 1. The third-order valence-corrected chi connectivity index (χ3v) is 8.98. The van der Waals surface area contributed by atoms with Crippen LogP contribution in [0, 0.1) is 0 Å². The predicted octanol–water partition coefficient (Wildman–Crippen LogP) is 3.80. The minimum Gasteiger partial charge on any atom is -0.483 e. The summed E-state index contributed by atoms with van der Waals surface area (Å²) in [7, 11) is -4.98. The number of pyridine rings is 1. The van der Waals surface area contributed by atoms with Crippen molar-refractivity contribution in [1.29, 1.82) is 0 Å². The quantitative estimate of drug-likeness (QED) is 0.430. The Balaban J connectivity index is 1.41. The van der Waals surface area contributed by atoms with Crippen molar-refractivity contribution in [1.82, 2.24) is 19.1 Å². The summed E-state index contributed by atoms with van der Waals surface area (Å²) in [6.07, 6.45) is 7.23. The Bertz CT molecular complexity index is 1460. The molecule has 0 amide bonds. The second-order valence-corrected chi connectivity index (χ2v) is 11.6. The van der Waals surface area contributed by atoms with E-state index >= 15 is 0 Å². The first-order valence-electron chi connectivity index (χ1n) is 12.3. The van der Waals surface area contributed by atoms with E-state index in [1.54, 1.807) is 29.2 Å². The van der Waals surface area contributed by atoms with E-state index < -0.39 is 26.4 Å². The third-order valence-electron chi connectivity index (χ3n) is 6.81. The molecular weight excluding hydrogens is 540 g/mol. The molecule has 0 radical (unpaired) electrons. The summed E-state index contributed by atoms with van der Waals surface area (Å²) < 4.78 is 63.8. The van der Waals surface area contributed by atoms with E-state index in [0.29, 0.717) is 16.4 Å². The summed E-state index contributed by atoms with van der Waals surface area (Å²) in [4.78, 5) is 19.0. The number of aromatic nitrogens is 3. The van der Waals surface area contributed by atoms with E-state index in [1.165, 1.54) is 10.9 Å². The summed E-state index contributed by atoms with van der Waals surface area (Å²) >= 11 is 6.11. The second-order valence-electron chi connectivity index (χ2n) is 9.22. The van der Waals surface area contributed by atoms with Crippen LogP contribution >= 0.6 is 11.6 Å². The van der Waals surface area contributed by atoms with E-state index in [-0.39, 0.29) is 38.0 Å². The Kier molecular flexibility index (Phi) is 7.38. The van der Waals surface area contributed by atoms with Gasteiger partial charge in [-0.05, 0) is 56.0 Å². The molecule has 1 aromatic carbocycles. The first-order valence-corrected chi connectivity index (χ1v) is 14.1. The molecule has 3 heterocycles. The third kappa shape index (κ3) is 4.99. The molecule has 202 valence electrons. The van der Waals surface area contributed by atoms with Crippen LogP contribution in [0.5, 0.6) is 5.75 Å². The monoisotopic (exact) mass is 565 g/mol. The normalized spacial score (nSPS) is 17.6. The molecule has 0 atom stereocenters. The molecule has 9 nitrogen and oxygen atoms in total. The summed E-state index contributed by atoms with van der Waals surface area (Å²) in [5, 5.41) is 0.653. The molecule has 1 saturated carbocycles. The van der Waals surface area contributed by atoms with Gasteiger partial charge in [-0.1, -0.05) is 17.7 Å². The van der Waals surface area contributed by atoms with Crippen LogP contribution in [0.15, 0.2) is 59.8 Å². The van der Waals surface area contributed by atoms with Crippen LogP contribution < -0.4 is 15.2 Å². The molecule has 1 aliphatic heterocycles. The first kappa shape index (κ1) is 26.5. The molecule has 0 bridgehead atoms. The van der Waals surface area contributed by atoms with Crippen molar-refractivity contribution < 1.29 is 21.9 Å². The van der Waals surface area contributed by atoms with Crippen molar-refractivity contribution in [2.75, 3.05) is 31.1 Å². The summed E-state index contributed by atoms with van der Waals surface area (Å²) in [5.74, 6) is 0.102. The highest BCUT2D eigenvalue weighted by atomic mass is 35.5. The molecule has 2 aliphatic rings. The number of sulfonamides is 1. The van der Waals surface area contributed by atoms with Gasteiger partial charge in [-0.3, -0.25) is 9.78 Å². The number of alkyl halides is 2. The van der Waals surface area contributed by atoms with Gasteiger partial charge in [0.15, 0.2) is 0 Å². The number of hydrogen-bond donors (Lipinski definition) is 0. The zero-order chi connectivity index (χ0) is 26.9. The SMILES string of the molecule is O=c1c(OC2CCCC2)c(N2CCN(S(=O)(=O)C(F)(F)c3ccncc3)CC2)cnn1-c1cccc(Cl)c1. The van der Waals surface area contributed by atoms with Crippen LogP contribution in [0.25, 0.3) is 5.69 Å². The van der Waals surface area contributed by atoms with Crippen molar-refractivity contribution in [2.45, 2.75) is 37.0 Å². The van der Waals surface area contributed by atoms with Crippen LogP contribution in [-0.2, 0) is 15.3 Å². The minimum atomic E-state index is -4.98. The lowest BCUT2D eigenvalue weighted by molar-refractivity contribution is 0.0809. The van der Waals surface area contributed by atoms with E-state index in [2.05, 4.69) is 10.1 Å². The first-order chi connectivity index (χ1) is 18.2. The summed E-state index contributed by atoms with van der Waals surface area (Å²) in [6.45, 7) is -0.226. The van der Waals surface area contributed by atoms with Crippen LogP contribution in [0.1, 0.15) is 31.2 Å². The van der Waals surface area contributed by atoms with Gasteiger partial charge in [-0.15, -0.1) is 0 Å². The Labute approximate surface area is 223 Å². The molecule has 0 unspecified atom stereocenters. The average Bonchev–Trinajstić information content (AvgIpc) is 3.43. The minimum absolute atomic E-state index is 0.0784. The lowest BCUT2D eigenvalue weighted by Gasteiger charge is -2.37. The molecular formula is C25H26ClF2N5O4S. The highest BCUT2D eigenvalue weighted by Crippen LogP contribution is 2.37. The lowest BCUT2D eigenvalue weighted by Crippen LogP contribution is -2.52. The van der Waals surface area contributed by atoms with E-state index in [1.807, 2.05) is 0 Å². The maximum Gasteiger partial charge on any atom is 0.384 e. The van der Waals surface area contributed by atoms with Gasteiger partial charge in [0.25, 0.3) is 10.0 Å². The average molecular weight is 566 g/mol. The molecule has 13 heteroatoms. The number of benzene rings is 1. The van der Waals surface area contributed by atoms with E-state index in [0.717, 1.165) is 54.5 Å². The molecule has 0 N–H and O–H groups in total. The Hall–Kier alpha value is -3.09. The molecule has 1 aliphatic carbocycles. The zero-order valence-electron chi connectivity index (χ0n) is 20.3.